The number of piperazine rings is 1. The smallest absolute Gasteiger partial charge is 0.232 e. The van der Waals surface area contributed by atoms with Crippen LogP contribution in [0.2, 0.25) is 0 Å². The van der Waals surface area contributed by atoms with E-state index in [4.69, 9.17) is 5.73 Å². The molecule has 2 fully saturated rings. The van der Waals surface area contributed by atoms with E-state index in [2.05, 4.69) is 36.7 Å². The molecule has 2 N–H and O–H groups in total. The monoisotopic (exact) mass is 277 g/mol. The van der Waals surface area contributed by atoms with Crippen molar-refractivity contribution in [3.05, 3.63) is 0 Å². The number of nitrogen functional groups attached to an aromatic ring is 1. The van der Waals surface area contributed by atoms with Gasteiger partial charge in [-0.25, -0.2) is 0 Å². The van der Waals surface area contributed by atoms with Gasteiger partial charge >= 0.3 is 0 Å². The predicted molar refractivity (Wildman–Crippen MR) is 80.0 cm³/mol. The summed E-state index contributed by atoms with van der Waals surface area (Å²) in [5.41, 5.74) is 5.87. The van der Waals surface area contributed by atoms with E-state index in [1.165, 1.54) is 19.3 Å². The Balaban J connectivity index is 1.79. The lowest BCUT2D eigenvalue weighted by Gasteiger charge is -2.33. The van der Waals surface area contributed by atoms with E-state index in [1.54, 1.807) is 0 Å². The number of hydrogen-bond acceptors (Lipinski definition) is 7. The SMILES string of the molecule is CN1CCN(c2nc(N)nc(N3CCCCC3)n2)CC1. The van der Waals surface area contributed by atoms with E-state index in [1.807, 2.05) is 0 Å². The Morgan fingerprint density at radius 2 is 1.30 bits per heavy atom. The topological polar surface area (TPSA) is 74.4 Å². The van der Waals surface area contributed by atoms with Crippen LogP contribution in [0.4, 0.5) is 17.8 Å². The van der Waals surface area contributed by atoms with E-state index in [0.29, 0.717) is 5.95 Å². The molecule has 0 unspecified atom stereocenters. The molecule has 110 valence electrons. The molecule has 3 heterocycles. The summed E-state index contributed by atoms with van der Waals surface area (Å²) < 4.78 is 0. The predicted octanol–water partition coefficient (Wildman–Crippen LogP) is 0.196. The van der Waals surface area contributed by atoms with Crippen LogP contribution in [0.5, 0.6) is 0 Å². The van der Waals surface area contributed by atoms with Gasteiger partial charge in [0, 0.05) is 39.3 Å². The Morgan fingerprint density at radius 1 is 0.750 bits per heavy atom. The largest absolute Gasteiger partial charge is 0.368 e. The van der Waals surface area contributed by atoms with Crippen LogP contribution in [-0.2, 0) is 0 Å². The number of anilines is 3. The summed E-state index contributed by atoms with van der Waals surface area (Å²) in [4.78, 5) is 20.0. The Morgan fingerprint density at radius 3 is 1.90 bits per heavy atom. The third-order valence-electron chi connectivity index (χ3n) is 4.05. The van der Waals surface area contributed by atoms with Gasteiger partial charge in [-0.2, -0.15) is 15.0 Å². The number of nitrogens with two attached hydrogens (primary N) is 1. The molecule has 2 saturated heterocycles. The first-order valence-electron chi connectivity index (χ1n) is 7.42. The van der Waals surface area contributed by atoms with Gasteiger partial charge in [-0.05, 0) is 26.3 Å². The van der Waals surface area contributed by atoms with Gasteiger partial charge in [0.25, 0.3) is 0 Å². The number of nitrogens with zero attached hydrogens (tertiary/aromatic N) is 6. The van der Waals surface area contributed by atoms with Crippen molar-refractivity contribution < 1.29 is 0 Å². The lowest BCUT2D eigenvalue weighted by atomic mass is 10.1. The first-order valence-corrected chi connectivity index (χ1v) is 7.42. The molecule has 2 aliphatic heterocycles. The maximum atomic E-state index is 5.87. The van der Waals surface area contributed by atoms with Gasteiger partial charge in [-0.3, -0.25) is 0 Å². The van der Waals surface area contributed by atoms with E-state index < -0.39 is 0 Å². The Bertz CT molecular complexity index is 450. The molecule has 0 aliphatic carbocycles. The molecule has 0 bridgehead atoms. The third kappa shape index (κ3) is 2.92. The molecule has 0 atom stereocenters. The standard InChI is InChI=1S/C13H23N7/c1-18-7-9-20(10-8-18)13-16-11(14)15-12(17-13)19-5-3-2-4-6-19/h2-10H2,1H3,(H2,14,15,16,17). The van der Waals surface area contributed by atoms with E-state index in [0.717, 1.165) is 51.2 Å². The van der Waals surface area contributed by atoms with Crippen LogP contribution in [0, 0.1) is 0 Å². The highest BCUT2D eigenvalue weighted by Gasteiger charge is 2.20. The minimum absolute atomic E-state index is 0.328. The van der Waals surface area contributed by atoms with Crippen LogP contribution in [-0.4, -0.2) is 66.2 Å². The fourth-order valence-electron chi connectivity index (χ4n) is 2.75. The Kier molecular flexibility index (Phi) is 3.86. The molecule has 2 aliphatic rings. The van der Waals surface area contributed by atoms with Crippen LogP contribution >= 0.6 is 0 Å². The van der Waals surface area contributed by atoms with Crippen molar-refractivity contribution in [3.8, 4) is 0 Å². The van der Waals surface area contributed by atoms with Gasteiger partial charge in [0.05, 0.1) is 0 Å². The molecule has 3 rings (SSSR count). The first kappa shape index (κ1) is 13.4. The lowest BCUT2D eigenvalue weighted by molar-refractivity contribution is 0.311. The van der Waals surface area contributed by atoms with Crippen molar-refractivity contribution in [1.29, 1.82) is 0 Å². The molecule has 0 aromatic carbocycles. The molecule has 0 spiro atoms. The average Bonchev–Trinajstić information content (AvgIpc) is 2.48. The van der Waals surface area contributed by atoms with E-state index in [-0.39, 0.29) is 0 Å². The molecular formula is C13H23N7. The first-order chi connectivity index (χ1) is 9.72. The molecule has 1 aromatic rings. The highest BCUT2D eigenvalue weighted by Crippen LogP contribution is 2.19. The van der Waals surface area contributed by atoms with Gasteiger partial charge < -0.3 is 20.4 Å². The number of aromatic nitrogens is 3. The van der Waals surface area contributed by atoms with Crippen molar-refractivity contribution in [3.63, 3.8) is 0 Å². The van der Waals surface area contributed by atoms with E-state index in [9.17, 15) is 0 Å². The quantitative estimate of drug-likeness (QED) is 0.827. The molecule has 0 amide bonds. The number of rotatable bonds is 2. The van der Waals surface area contributed by atoms with Crippen molar-refractivity contribution in [2.75, 3.05) is 61.8 Å². The molecule has 7 nitrogen and oxygen atoms in total. The average molecular weight is 277 g/mol. The highest BCUT2D eigenvalue weighted by atomic mass is 15.4. The van der Waals surface area contributed by atoms with Crippen molar-refractivity contribution in [2.24, 2.45) is 0 Å². The molecule has 7 heteroatoms. The molecule has 1 aromatic heterocycles. The summed E-state index contributed by atoms with van der Waals surface area (Å²) in [6.07, 6.45) is 3.70. The fraction of sp³-hybridized carbons (Fsp3) is 0.769. The van der Waals surface area contributed by atoms with Crippen molar-refractivity contribution >= 4 is 17.8 Å². The normalized spacial score (nSPS) is 21.2. The minimum Gasteiger partial charge on any atom is -0.368 e. The number of hydrogen-bond donors (Lipinski definition) is 1. The third-order valence-corrected chi connectivity index (χ3v) is 4.05. The maximum Gasteiger partial charge on any atom is 0.232 e. The zero-order chi connectivity index (χ0) is 13.9. The second-order valence-electron chi connectivity index (χ2n) is 5.63. The molecular weight excluding hydrogens is 254 g/mol. The van der Waals surface area contributed by atoms with Gasteiger partial charge in [-0.1, -0.05) is 0 Å². The minimum atomic E-state index is 0.328. The molecule has 0 saturated carbocycles. The summed E-state index contributed by atoms with van der Waals surface area (Å²) in [6, 6.07) is 0. The van der Waals surface area contributed by atoms with Gasteiger partial charge in [0.15, 0.2) is 0 Å². The second kappa shape index (κ2) is 5.78. The van der Waals surface area contributed by atoms with Crippen LogP contribution in [0.15, 0.2) is 0 Å². The van der Waals surface area contributed by atoms with Gasteiger partial charge in [-0.15, -0.1) is 0 Å². The highest BCUT2D eigenvalue weighted by molar-refractivity contribution is 5.44. The zero-order valence-corrected chi connectivity index (χ0v) is 12.1. The van der Waals surface area contributed by atoms with Crippen molar-refractivity contribution in [2.45, 2.75) is 19.3 Å². The second-order valence-corrected chi connectivity index (χ2v) is 5.63. The fourth-order valence-corrected chi connectivity index (χ4v) is 2.75. The summed E-state index contributed by atoms with van der Waals surface area (Å²) in [6.45, 7) is 5.99. The molecule has 0 radical (unpaired) electrons. The number of likely N-dealkylation sites (N-methyl/N-ethyl adjacent to an activating group) is 1. The van der Waals surface area contributed by atoms with Crippen molar-refractivity contribution in [1.82, 2.24) is 19.9 Å². The van der Waals surface area contributed by atoms with Crippen LogP contribution in [0.3, 0.4) is 0 Å². The lowest BCUT2D eigenvalue weighted by Crippen LogP contribution is -2.45. The van der Waals surface area contributed by atoms with Crippen LogP contribution in [0.1, 0.15) is 19.3 Å². The van der Waals surface area contributed by atoms with Gasteiger partial charge in [0.2, 0.25) is 17.8 Å². The molecule has 20 heavy (non-hydrogen) atoms. The van der Waals surface area contributed by atoms with Crippen LogP contribution in [0.25, 0.3) is 0 Å². The summed E-state index contributed by atoms with van der Waals surface area (Å²) in [5, 5.41) is 0. The summed E-state index contributed by atoms with van der Waals surface area (Å²) >= 11 is 0. The van der Waals surface area contributed by atoms with E-state index >= 15 is 0 Å². The summed E-state index contributed by atoms with van der Waals surface area (Å²) in [5.74, 6) is 1.80. The van der Waals surface area contributed by atoms with Crippen LogP contribution < -0.4 is 15.5 Å². The summed E-state index contributed by atoms with van der Waals surface area (Å²) in [7, 11) is 2.14. The number of piperidine rings is 1. The Labute approximate surface area is 119 Å². The Hall–Kier alpha value is -1.63. The van der Waals surface area contributed by atoms with Gasteiger partial charge in [0.1, 0.15) is 0 Å². The maximum absolute atomic E-state index is 5.87. The zero-order valence-electron chi connectivity index (χ0n) is 12.1.